The lowest BCUT2D eigenvalue weighted by atomic mass is 10.2. The Kier molecular flexibility index (Phi) is 4.96. The van der Waals surface area contributed by atoms with Crippen LogP contribution in [0.3, 0.4) is 0 Å². The molecule has 2 rings (SSSR count). The van der Waals surface area contributed by atoms with Crippen molar-refractivity contribution in [3.05, 3.63) is 69.2 Å². The molecule has 0 heterocycles. The summed E-state index contributed by atoms with van der Waals surface area (Å²) in [4.78, 5) is 0. The van der Waals surface area contributed by atoms with Crippen LogP contribution in [0.2, 0.25) is 5.02 Å². The molecule has 88 valence electrons. The van der Waals surface area contributed by atoms with E-state index in [1.807, 2.05) is 30.0 Å². The van der Waals surface area contributed by atoms with Crippen molar-refractivity contribution >= 4 is 39.3 Å². The molecule has 0 radical (unpaired) electrons. The predicted molar refractivity (Wildman–Crippen MR) is 80.6 cm³/mol. The summed E-state index contributed by atoms with van der Waals surface area (Å²) in [5.41, 5.74) is 2.54. The molecular formula is C14H12BrClS. The minimum atomic E-state index is 0.833. The highest BCUT2D eigenvalue weighted by atomic mass is 79.9. The van der Waals surface area contributed by atoms with Gasteiger partial charge < -0.3 is 0 Å². The Morgan fingerprint density at radius 3 is 2.47 bits per heavy atom. The summed E-state index contributed by atoms with van der Waals surface area (Å²) >= 11 is 11.5. The van der Waals surface area contributed by atoms with E-state index in [0.29, 0.717) is 0 Å². The van der Waals surface area contributed by atoms with Crippen LogP contribution in [0.1, 0.15) is 11.1 Å². The zero-order valence-corrected chi connectivity index (χ0v) is 12.4. The summed E-state index contributed by atoms with van der Waals surface area (Å²) in [6.07, 6.45) is 0. The summed E-state index contributed by atoms with van der Waals surface area (Å²) in [5.74, 6) is 1.97. The fourth-order valence-electron chi connectivity index (χ4n) is 1.49. The Morgan fingerprint density at radius 1 is 1.00 bits per heavy atom. The van der Waals surface area contributed by atoms with Crippen LogP contribution in [0, 0.1) is 0 Å². The molecule has 0 N–H and O–H groups in total. The van der Waals surface area contributed by atoms with E-state index in [0.717, 1.165) is 21.0 Å². The van der Waals surface area contributed by atoms with E-state index in [9.17, 15) is 0 Å². The normalized spacial score (nSPS) is 10.5. The van der Waals surface area contributed by atoms with Crippen LogP contribution >= 0.6 is 39.3 Å². The van der Waals surface area contributed by atoms with Crippen molar-refractivity contribution in [3.63, 3.8) is 0 Å². The van der Waals surface area contributed by atoms with Gasteiger partial charge >= 0.3 is 0 Å². The molecule has 0 saturated heterocycles. The predicted octanol–water partition coefficient (Wildman–Crippen LogP) is 5.54. The maximum absolute atomic E-state index is 6.17. The second-order valence-electron chi connectivity index (χ2n) is 3.71. The molecule has 0 fully saturated rings. The smallest absolute Gasteiger partial charge is 0.0457 e. The Labute approximate surface area is 120 Å². The number of thioether (sulfide) groups is 1. The lowest BCUT2D eigenvalue weighted by molar-refractivity contribution is 1.36. The van der Waals surface area contributed by atoms with Crippen molar-refractivity contribution < 1.29 is 0 Å². The van der Waals surface area contributed by atoms with Gasteiger partial charge in [-0.1, -0.05) is 63.9 Å². The second-order valence-corrected chi connectivity index (χ2v) is 6.02. The first kappa shape index (κ1) is 13.0. The standard InChI is InChI=1S/C14H12BrClS/c15-13-7-6-12(14(16)8-13)10-17-9-11-4-2-1-3-5-11/h1-8H,9-10H2. The van der Waals surface area contributed by atoms with Gasteiger partial charge in [-0.15, -0.1) is 0 Å². The third-order valence-corrected chi connectivity index (χ3v) is 4.28. The van der Waals surface area contributed by atoms with E-state index >= 15 is 0 Å². The van der Waals surface area contributed by atoms with Gasteiger partial charge in [-0.3, -0.25) is 0 Å². The van der Waals surface area contributed by atoms with Gasteiger partial charge in [0.25, 0.3) is 0 Å². The van der Waals surface area contributed by atoms with Crippen molar-refractivity contribution in [1.82, 2.24) is 0 Å². The minimum absolute atomic E-state index is 0.833. The average molecular weight is 328 g/mol. The number of benzene rings is 2. The van der Waals surface area contributed by atoms with Crippen LogP contribution < -0.4 is 0 Å². The quantitative estimate of drug-likeness (QED) is 0.711. The molecule has 0 unspecified atom stereocenters. The average Bonchev–Trinajstić information content (AvgIpc) is 2.33. The SMILES string of the molecule is Clc1cc(Br)ccc1CSCc1ccccc1. The van der Waals surface area contributed by atoms with E-state index in [1.54, 1.807) is 0 Å². The maximum atomic E-state index is 6.17. The van der Waals surface area contributed by atoms with E-state index in [-0.39, 0.29) is 0 Å². The lowest BCUT2D eigenvalue weighted by Gasteiger charge is -2.05. The van der Waals surface area contributed by atoms with Gasteiger partial charge in [0.05, 0.1) is 0 Å². The first-order valence-electron chi connectivity index (χ1n) is 5.31. The molecule has 2 aromatic rings. The van der Waals surface area contributed by atoms with Gasteiger partial charge in [0.15, 0.2) is 0 Å². The van der Waals surface area contributed by atoms with Crippen LogP contribution in [0.4, 0.5) is 0 Å². The zero-order chi connectivity index (χ0) is 12.1. The van der Waals surface area contributed by atoms with Gasteiger partial charge in [0, 0.05) is 21.0 Å². The van der Waals surface area contributed by atoms with E-state index < -0.39 is 0 Å². The number of halogens is 2. The van der Waals surface area contributed by atoms with E-state index in [1.165, 1.54) is 11.1 Å². The molecule has 0 aliphatic heterocycles. The van der Waals surface area contributed by atoms with E-state index in [4.69, 9.17) is 11.6 Å². The van der Waals surface area contributed by atoms with Gasteiger partial charge in [0.2, 0.25) is 0 Å². The molecule has 0 bridgehead atoms. The van der Waals surface area contributed by atoms with Gasteiger partial charge in [0.1, 0.15) is 0 Å². The largest absolute Gasteiger partial charge is 0.152 e. The lowest BCUT2D eigenvalue weighted by Crippen LogP contribution is -1.85. The Balaban J connectivity index is 1.90. The zero-order valence-electron chi connectivity index (χ0n) is 9.20. The maximum Gasteiger partial charge on any atom is 0.0457 e. The van der Waals surface area contributed by atoms with Crippen molar-refractivity contribution in [2.24, 2.45) is 0 Å². The van der Waals surface area contributed by atoms with Crippen molar-refractivity contribution in [2.75, 3.05) is 0 Å². The molecule has 0 spiro atoms. The van der Waals surface area contributed by atoms with Gasteiger partial charge in [-0.2, -0.15) is 11.8 Å². The third-order valence-electron chi connectivity index (χ3n) is 2.38. The first-order chi connectivity index (χ1) is 8.25. The first-order valence-corrected chi connectivity index (χ1v) is 7.64. The van der Waals surface area contributed by atoms with Crippen LogP contribution in [-0.2, 0) is 11.5 Å². The summed E-state index contributed by atoms with van der Waals surface area (Å²) in [6.45, 7) is 0. The van der Waals surface area contributed by atoms with E-state index in [2.05, 4.69) is 46.3 Å². The fourth-order valence-corrected chi connectivity index (χ4v) is 3.31. The molecular weight excluding hydrogens is 316 g/mol. The molecule has 0 nitrogen and oxygen atoms in total. The highest BCUT2D eigenvalue weighted by Gasteiger charge is 2.01. The number of hydrogen-bond acceptors (Lipinski definition) is 1. The molecule has 0 saturated carbocycles. The second kappa shape index (κ2) is 6.48. The van der Waals surface area contributed by atoms with Crippen molar-refractivity contribution in [3.8, 4) is 0 Å². The summed E-state index contributed by atoms with van der Waals surface area (Å²) in [5, 5.41) is 0.833. The monoisotopic (exact) mass is 326 g/mol. The summed E-state index contributed by atoms with van der Waals surface area (Å²) in [7, 11) is 0. The minimum Gasteiger partial charge on any atom is -0.152 e. The van der Waals surface area contributed by atoms with Crippen LogP contribution in [0.15, 0.2) is 53.0 Å². The Hall–Kier alpha value is -0.440. The molecule has 0 aliphatic rings. The molecule has 0 amide bonds. The van der Waals surface area contributed by atoms with Gasteiger partial charge in [-0.05, 0) is 23.3 Å². The fraction of sp³-hybridized carbons (Fsp3) is 0.143. The topological polar surface area (TPSA) is 0 Å². The van der Waals surface area contributed by atoms with Crippen LogP contribution in [0.5, 0.6) is 0 Å². The summed E-state index contributed by atoms with van der Waals surface area (Å²) in [6, 6.07) is 16.5. The Morgan fingerprint density at radius 2 is 1.76 bits per heavy atom. The number of rotatable bonds is 4. The molecule has 0 atom stereocenters. The summed E-state index contributed by atoms with van der Waals surface area (Å²) < 4.78 is 1.03. The van der Waals surface area contributed by atoms with Crippen molar-refractivity contribution in [2.45, 2.75) is 11.5 Å². The molecule has 0 aromatic heterocycles. The molecule has 0 aliphatic carbocycles. The molecule has 3 heteroatoms. The molecule has 2 aromatic carbocycles. The van der Waals surface area contributed by atoms with Crippen molar-refractivity contribution in [1.29, 1.82) is 0 Å². The highest BCUT2D eigenvalue weighted by Crippen LogP contribution is 2.26. The van der Waals surface area contributed by atoms with Crippen LogP contribution in [0.25, 0.3) is 0 Å². The van der Waals surface area contributed by atoms with Crippen LogP contribution in [-0.4, -0.2) is 0 Å². The highest BCUT2D eigenvalue weighted by molar-refractivity contribution is 9.10. The molecule has 17 heavy (non-hydrogen) atoms. The third kappa shape index (κ3) is 4.06. The number of hydrogen-bond donors (Lipinski definition) is 0. The van der Waals surface area contributed by atoms with Gasteiger partial charge in [-0.25, -0.2) is 0 Å². The Bertz CT molecular complexity index is 485.